The van der Waals surface area contributed by atoms with Gasteiger partial charge in [-0.15, -0.1) is 0 Å². The lowest BCUT2D eigenvalue weighted by Crippen LogP contribution is -2.10. The molecule has 0 aliphatic rings. The molecule has 4 nitrogen and oxygen atoms in total. The summed E-state index contributed by atoms with van der Waals surface area (Å²) in [6, 6.07) is 0.779. The van der Waals surface area contributed by atoms with Crippen molar-refractivity contribution in [2.45, 2.75) is 13.0 Å². The van der Waals surface area contributed by atoms with Gasteiger partial charge in [-0.3, -0.25) is 0 Å². The van der Waals surface area contributed by atoms with Crippen LogP contribution >= 0.6 is 11.6 Å². The third kappa shape index (κ3) is 2.40. The van der Waals surface area contributed by atoms with Gasteiger partial charge in [-0.2, -0.15) is 0 Å². The molecular weight excluding hydrogens is 230 g/mol. The van der Waals surface area contributed by atoms with Gasteiger partial charge >= 0.3 is 5.97 Å². The second-order valence-electron chi connectivity index (χ2n) is 2.67. The Hall–Kier alpha value is -1.27. The molecule has 0 saturated carbocycles. The first-order valence-corrected chi connectivity index (χ1v) is 4.26. The van der Waals surface area contributed by atoms with Crippen LogP contribution in [0.1, 0.15) is 28.0 Å². The van der Waals surface area contributed by atoms with Crippen molar-refractivity contribution in [3.63, 3.8) is 0 Å². The number of nitrogens with zero attached hydrogens (tertiary/aromatic N) is 1. The summed E-state index contributed by atoms with van der Waals surface area (Å²) >= 11 is 5.54. The van der Waals surface area contributed by atoms with Crippen molar-refractivity contribution in [2.24, 2.45) is 5.73 Å². The van der Waals surface area contributed by atoms with Crippen LogP contribution in [0.2, 0.25) is 5.15 Å². The van der Waals surface area contributed by atoms with Crippen LogP contribution in [0.4, 0.5) is 8.78 Å². The lowest BCUT2D eigenvalue weighted by atomic mass is 10.1. The van der Waals surface area contributed by atoms with E-state index in [1.807, 2.05) is 0 Å². The quantitative estimate of drug-likeness (QED) is 0.785. The van der Waals surface area contributed by atoms with Crippen molar-refractivity contribution >= 4 is 17.6 Å². The molecule has 0 aliphatic carbocycles. The van der Waals surface area contributed by atoms with Gasteiger partial charge in [-0.25, -0.2) is 18.6 Å². The number of carboxylic acids is 1. The van der Waals surface area contributed by atoms with E-state index in [9.17, 15) is 13.6 Å². The zero-order chi connectivity index (χ0) is 11.6. The topological polar surface area (TPSA) is 76.2 Å². The average Bonchev–Trinajstić information content (AvgIpc) is 2.16. The molecule has 0 aromatic carbocycles. The summed E-state index contributed by atoms with van der Waals surface area (Å²) in [6.45, 7) is -0.170. The van der Waals surface area contributed by atoms with E-state index in [0.29, 0.717) is 0 Å². The normalized spacial score (nSPS) is 10.7. The third-order valence-electron chi connectivity index (χ3n) is 1.75. The van der Waals surface area contributed by atoms with Crippen LogP contribution < -0.4 is 5.73 Å². The summed E-state index contributed by atoms with van der Waals surface area (Å²) in [5.74, 6) is -1.36. The van der Waals surface area contributed by atoms with Crippen molar-refractivity contribution in [1.82, 2.24) is 4.98 Å². The van der Waals surface area contributed by atoms with Gasteiger partial charge in [0, 0.05) is 12.1 Å². The van der Waals surface area contributed by atoms with E-state index < -0.39 is 18.1 Å². The molecule has 0 aliphatic heterocycles. The van der Waals surface area contributed by atoms with Crippen molar-refractivity contribution in [1.29, 1.82) is 0 Å². The summed E-state index contributed by atoms with van der Waals surface area (Å²) in [4.78, 5) is 14.1. The van der Waals surface area contributed by atoms with Crippen LogP contribution in [0.5, 0.6) is 0 Å². The van der Waals surface area contributed by atoms with Crippen LogP contribution in [-0.2, 0) is 6.54 Å². The minimum Gasteiger partial charge on any atom is -0.478 e. The van der Waals surface area contributed by atoms with Crippen LogP contribution in [0, 0.1) is 0 Å². The number of hydrogen-bond donors (Lipinski definition) is 2. The van der Waals surface area contributed by atoms with E-state index in [1.54, 1.807) is 0 Å². The predicted octanol–water partition coefficient (Wildman–Crippen LogP) is 1.83. The number of alkyl halides is 2. The molecule has 0 unspecified atom stereocenters. The van der Waals surface area contributed by atoms with Gasteiger partial charge in [0.1, 0.15) is 10.8 Å². The van der Waals surface area contributed by atoms with Crippen LogP contribution in [0.3, 0.4) is 0 Å². The van der Waals surface area contributed by atoms with Crippen molar-refractivity contribution in [3.05, 3.63) is 28.0 Å². The Bertz CT molecular complexity index is 398. The number of carbonyl (C=O) groups is 1. The van der Waals surface area contributed by atoms with Crippen LogP contribution in [-0.4, -0.2) is 16.1 Å². The molecular formula is C8H7ClF2N2O2. The predicted molar refractivity (Wildman–Crippen MR) is 49.1 cm³/mol. The molecule has 0 amide bonds. The Kier molecular flexibility index (Phi) is 3.54. The standard InChI is InChI=1S/C8H7ClF2N2O2/c9-6-4(2-12)3(8(14)15)1-5(13-6)7(10)11/h1,7H,2,12H2,(H,14,15). The maximum Gasteiger partial charge on any atom is 0.336 e. The third-order valence-corrected chi connectivity index (χ3v) is 2.06. The van der Waals surface area contributed by atoms with Gasteiger partial charge in [-0.1, -0.05) is 11.6 Å². The van der Waals surface area contributed by atoms with Gasteiger partial charge in [-0.05, 0) is 6.07 Å². The second kappa shape index (κ2) is 4.50. The highest BCUT2D eigenvalue weighted by atomic mass is 35.5. The highest BCUT2D eigenvalue weighted by Crippen LogP contribution is 2.24. The van der Waals surface area contributed by atoms with Gasteiger partial charge < -0.3 is 10.8 Å². The van der Waals surface area contributed by atoms with E-state index in [0.717, 1.165) is 6.07 Å². The summed E-state index contributed by atoms with van der Waals surface area (Å²) in [6.07, 6.45) is -2.87. The van der Waals surface area contributed by atoms with Crippen molar-refractivity contribution < 1.29 is 18.7 Å². The van der Waals surface area contributed by atoms with E-state index in [4.69, 9.17) is 22.4 Å². The molecule has 1 aromatic heterocycles. The fourth-order valence-corrected chi connectivity index (χ4v) is 1.33. The SMILES string of the molecule is NCc1c(C(=O)O)cc(C(F)F)nc1Cl. The average molecular weight is 237 g/mol. The Balaban J connectivity index is 3.38. The van der Waals surface area contributed by atoms with E-state index in [2.05, 4.69) is 4.98 Å². The fraction of sp³-hybridized carbons (Fsp3) is 0.250. The molecule has 7 heteroatoms. The number of halogens is 3. The molecule has 0 radical (unpaired) electrons. The molecule has 0 spiro atoms. The highest BCUT2D eigenvalue weighted by Gasteiger charge is 2.19. The fourth-order valence-electron chi connectivity index (χ4n) is 1.06. The number of rotatable bonds is 3. The minimum absolute atomic E-state index is 0.0496. The van der Waals surface area contributed by atoms with E-state index >= 15 is 0 Å². The number of carboxylic acid groups (broad SMARTS) is 1. The maximum absolute atomic E-state index is 12.3. The molecule has 0 saturated heterocycles. The summed E-state index contributed by atoms with van der Waals surface area (Å²) in [5, 5.41) is 8.44. The van der Waals surface area contributed by atoms with Gasteiger partial charge in [0.25, 0.3) is 6.43 Å². The molecule has 3 N–H and O–H groups in total. The lowest BCUT2D eigenvalue weighted by Gasteiger charge is -2.08. The van der Waals surface area contributed by atoms with Crippen LogP contribution in [0.25, 0.3) is 0 Å². The number of pyridine rings is 1. The Labute approximate surface area is 88.7 Å². The van der Waals surface area contributed by atoms with E-state index in [1.165, 1.54) is 0 Å². The van der Waals surface area contributed by atoms with Crippen LogP contribution in [0.15, 0.2) is 6.07 Å². The molecule has 1 aromatic rings. The number of aromatic nitrogens is 1. The summed E-state index contributed by atoms with van der Waals surface area (Å²) < 4.78 is 24.6. The Morgan fingerprint density at radius 2 is 2.27 bits per heavy atom. The van der Waals surface area contributed by atoms with Crippen molar-refractivity contribution in [2.75, 3.05) is 0 Å². The second-order valence-corrected chi connectivity index (χ2v) is 3.03. The molecule has 15 heavy (non-hydrogen) atoms. The molecule has 0 atom stereocenters. The first-order valence-electron chi connectivity index (χ1n) is 3.88. The number of nitrogens with two attached hydrogens (primary N) is 1. The van der Waals surface area contributed by atoms with Gasteiger partial charge in [0.05, 0.1) is 5.56 Å². The minimum atomic E-state index is -2.87. The molecule has 1 heterocycles. The highest BCUT2D eigenvalue weighted by molar-refractivity contribution is 6.30. The lowest BCUT2D eigenvalue weighted by molar-refractivity contribution is 0.0695. The summed E-state index contributed by atoms with van der Waals surface area (Å²) in [5.41, 5.74) is 4.28. The van der Waals surface area contributed by atoms with Crippen molar-refractivity contribution in [3.8, 4) is 0 Å². The Morgan fingerprint density at radius 3 is 2.67 bits per heavy atom. The number of hydrogen-bond acceptors (Lipinski definition) is 3. The van der Waals surface area contributed by atoms with E-state index in [-0.39, 0.29) is 22.8 Å². The smallest absolute Gasteiger partial charge is 0.336 e. The number of aromatic carboxylic acids is 1. The molecule has 0 fully saturated rings. The van der Waals surface area contributed by atoms with Gasteiger partial charge in [0.15, 0.2) is 0 Å². The first kappa shape index (κ1) is 11.8. The molecule has 82 valence electrons. The maximum atomic E-state index is 12.3. The monoisotopic (exact) mass is 236 g/mol. The molecule has 0 bridgehead atoms. The molecule has 1 rings (SSSR count). The summed E-state index contributed by atoms with van der Waals surface area (Å²) in [7, 11) is 0. The zero-order valence-corrected chi connectivity index (χ0v) is 8.13. The largest absolute Gasteiger partial charge is 0.478 e. The zero-order valence-electron chi connectivity index (χ0n) is 7.38. The Morgan fingerprint density at radius 1 is 1.67 bits per heavy atom. The first-order chi connectivity index (χ1) is 6.97. The van der Waals surface area contributed by atoms with Gasteiger partial charge in [0.2, 0.25) is 0 Å².